The molecule has 4 aromatic carbocycles. The van der Waals surface area contributed by atoms with E-state index in [9.17, 15) is 14.4 Å². The van der Waals surface area contributed by atoms with Crippen LogP contribution in [0.2, 0.25) is 10.0 Å². The number of hydrogen-bond donors (Lipinski definition) is 2. The summed E-state index contributed by atoms with van der Waals surface area (Å²) in [6.07, 6.45) is 1.41. The summed E-state index contributed by atoms with van der Waals surface area (Å²) in [6.45, 7) is 2.20. The van der Waals surface area contributed by atoms with E-state index < -0.39 is 11.9 Å². The third-order valence-electron chi connectivity index (χ3n) is 6.02. The van der Waals surface area contributed by atoms with Gasteiger partial charge in [0.15, 0.2) is 23.0 Å². The molecular formula is C31H23Cl2N3O7. The number of carbonyl (C=O) groups excluding carboxylic acids is 3. The Kier molecular flexibility index (Phi) is 9.09. The lowest BCUT2D eigenvalue weighted by Gasteiger charge is -2.12. The van der Waals surface area contributed by atoms with E-state index in [0.717, 1.165) is 0 Å². The molecule has 218 valence electrons. The van der Waals surface area contributed by atoms with Crippen LogP contribution in [0.25, 0.3) is 0 Å². The van der Waals surface area contributed by atoms with Gasteiger partial charge in [0.1, 0.15) is 0 Å². The Bertz CT molecular complexity index is 1740. The number of fused-ring (bicyclic) bond motifs is 1. The molecule has 10 nitrogen and oxygen atoms in total. The molecule has 0 bridgehead atoms. The van der Waals surface area contributed by atoms with E-state index in [1.54, 1.807) is 61.5 Å². The molecule has 0 radical (unpaired) electrons. The fourth-order valence-corrected chi connectivity index (χ4v) is 4.46. The van der Waals surface area contributed by atoms with Gasteiger partial charge >= 0.3 is 5.97 Å². The molecular weight excluding hydrogens is 597 g/mol. The molecule has 4 aromatic rings. The number of amides is 2. The Morgan fingerprint density at radius 2 is 1.70 bits per heavy atom. The fraction of sp³-hybridized carbons (Fsp3) is 0.0968. The van der Waals surface area contributed by atoms with Gasteiger partial charge in [-0.1, -0.05) is 29.3 Å². The number of rotatable bonds is 9. The molecule has 1 aliphatic rings. The van der Waals surface area contributed by atoms with Gasteiger partial charge in [0, 0.05) is 21.8 Å². The highest BCUT2D eigenvalue weighted by Crippen LogP contribution is 2.33. The van der Waals surface area contributed by atoms with Gasteiger partial charge in [0.25, 0.3) is 11.8 Å². The standard InChI is InChI=1S/C31H23Cl2N3O7/c1-2-40-27-12-18(6-10-26(27)43-31(39)23-9-8-21(32)15-24(23)33)16-34-36-30(38)19-4-3-5-22(13-19)35-29(37)20-7-11-25-28(14-20)42-17-41-25/h3-16H,2,17H2,1H3,(H,35,37)(H,36,38). The quantitative estimate of drug-likeness (QED) is 0.0967. The van der Waals surface area contributed by atoms with Crippen molar-refractivity contribution < 1.29 is 33.3 Å². The molecule has 0 aliphatic carbocycles. The molecule has 1 aliphatic heterocycles. The first-order chi connectivity index (χ1) is 20.8. The van der Waals surface area contributed by atoms with Crippen LogP contribution in [-0.2, 0) is 0 Å². The van der Waals surface area contributed by atoms with Crippen LogP contribution >= 0.6 is 23.2 Å². The van der Waals surface area contributed by atoms with Crippen LogP contribution in [0.3, 0.4) is 0 Å². The highest BCUT2D eigenvalue weighted by Gasteiger charge is 2.18. The Hall–Kier alpha value is -5.06. The Balaban J connectivity index is 1.21. The molecule has 0 saturated carbocycles. The van der Waals surface area contributed by atoms with Gasteiger partial charge < -0.3 is 24.3 Å². The van der Waals surface area contributed by atoms with Crippen molar-refractivity contribution in [3.8, 4) is 23.0 Å². The molecule has 0 atom stereocenters. The maximum atomic E-state index is 12.7. The summed E-state index contributed by atoms with van der Waals surface area (Å²) in [4.78, 5) is 38.1. The summed E-state index contributed by atoms with van der Waals surface area (Å²) in [6, 6.07) is 20.5. The number of nitrogens with zero attached hydrogens (tertiary/aromatic N) is 1. The monoisotopic (exact) mass is 619 g/mol. The molecule has 0 saturated heterocycles. The zero-order valence-electron chi connectivity index (χ0n) is 22.6. The predicted molar refractivity (Wildman–Crippen MR) is 161 cm³/mol. The van der Waals surface area contributed by atoms with E-state index >= 15 is 0 Å². The van der Waals surface area contributed by atoms with Crippen LogP contribution < -0.4 is 29.7 Å². The second-order valence-corrected chi connectivity index (χ2v) is 9.80. The van der Waals surface area contributed by atoms with Gasteiger partial charge in [-0.3, -0.25) is 9.59 Å². The predicted octanol–water partition coefficient (Wildman–Crippen LogP) is 6.36. The largest absolute Gasteiger partial charge is 0.490 e. The average molecular weight is 620 g/mol. The van der Waals surface area contributed by atoms with Gasteiger partial charge in [-0.25, -0.2) is 10.2 Å². The summed E-state index contributed by atoms with van der Waals surface area (Å²) in [7, 11) is 0. The number of ether oxygens (including phenoxy) is 4. The zero-order chi connectivity index (χ0) is 30.3. The van der Waals surface area contributed by atoms with E-state index in [1.807, 2.05) is 0 Å². The third-order valence-corrected chi connectivity index (χ3v) is 6.57. The van der Waals surface area contributed by atoms with Gasteiger partial charge in [-0.2, -0.15) is 5.10 Å². The van der Waals surface area contributed by atoms with Crippen molar-refractivity contribution in [2.75, 3.05) is 18.7 Å². The summed E-state index contributed by atoms with van der Waals surface area (Å²) in [5.74, 6) is -0.00378. The number of nitrogens with one attached hydrogen (secondary N) is 2. The van der Waals surface area contributed by atoms with Crippen LogP contribution in [0.4, 0.5) is 5.69 Å². The Labute approximate surface area is 256 Å². The average Bonchev–Trinajstić information content (AvgIpc) is 3.47. The SMILES string of the molecule is CCOc1cc(C=NNC(=O)c2cccc(NC(=O)c3ccc4c(c3)OCO4)c2)ccc1OC(=O)c1ccc(Cl)cc1Cl. The van der Waals surface area contributed by atoms with Crippen molar-refractivity contribution in [1.29, 1.82) is 0 Å². The van der Waals surface area contributed by atoms with Crippen LogP contribution in [0, 0.1) is 0 Å². The summed E-state index contributed by atoms with van der Waals surface area (Å²) in [5, 5.41) is 7.33. The minimum Gasteiger partial charge on any atom is -0.490 e. The zero-order valence-corrected chi connectivity index (χ0v) is 24.1. The van der Waals surface area contributed by atoms with E-state index in [-0.39, 0.29) is 34.6 Å². The first-order valence-corrected chi connectivity index (χ1v) is 13.6. The van der Waals surface area contributed by atoms with Crippen LogP contribution in [0.1, 0.15) is 43.6 Å². The van der Waals surface area contributed by atoms with E-state index in [0.29, 0.717) is 45.7 Å². The van der Waals surface area contributed by atoms with E-state index in [2.05, 4.69) is 15.8 Å². The Morgan fingerprint density at radius 1 is 0.884 bits per heavy atom. The number of halogens is 2. The lowest BCUT2D eigenvalue weighted by Crippen LogP contribution is -2.18. The number of anilines is 1. The number of benzene rings is 4. The van der Waals surface area contributed by atoms with Crippen molar-refractivity contribution in [3.05, 3.63) is 111 Å². The second-order valence-electron chi connectivity index (χ2n) is 8.95. The van der Waals surface area contributed by atoms with Gasteiger partial charge in [-0.15, -0.1) is 0 Å². The summed E-state index contributed by atoms with van der Waals surface area (Å²) >= 11 is 12.0. The number of carbonyl (C=O) groups is 3. The molecule has 0 fully saturated rings. The lowest BCUT2D eigenvalue weighted by molar-refractivity contribution is 0.0728. The second kappa shape index (κ2) is 13.3. The minimum atomic E-state index is -0.675. The molecule has 0 aromatic heterocycles. The lowest BCUT2D eigenvalue weighted by atomic mass is 10.1. The highest BCUT2D eigenvalue weighted by atomic mass is 35.5. The maximum absolute atomic E-state index is 12.7. The molecule has 0 spiro atoms. The van der Waals surface area contributed by atoms with E-state index in [1.165, 1.54) is 30.5 Å². The molecule has 12 heteroatoms. The molecule has 2 N–H and O–H groups in total. The van der Waals surface area contributed by atoms with Crippen molar-refractivity contribution in [2.24, 2.45) is 5.10 Å². The van der Waals surface area contributed by atoms with Crippen molar-refractivity contribution >= 4 is 52.9 Å². The molecule has 43 heavy (non-hydrogen) atoms. The smallest absolute Gasteiger partial charge is 0.345 e. The third kappa shape index (κ3) is 7.24. The van der Waals surface area contributed by atoms with Crippen molar-refractivity contribution in [2.45, 2.75) is 6.92 Å². The summed E-state index contributed by atoms with van der Waals surface area (Å²) in [5.41, 5.74) is 4.25. The highest BCUT2D eigenvalue weighted by molar-refractivity contribution is 6.36. The molecule has 1 heterocycles. The maximum Gasteiger partial charge on any atom is 0.345 e. The molecule has 5 rings (SSSR count). The normalized spacial score (nSPS) is 11.7. The topological polar surface area (TPSA) is 125 Å². The molecule has 2 amide bonds. The van der Waals surface area contributed by atoms with Crippen LogP contribution in [0.15, 0.2) is 84.0 Å². The van der Waals surface area contributed by atoms with Crippen molar-refractivity contribution in [3.63, 3.8) is 0 Å². The van der Waals surface area contributed by atoms with Gasteiger partial charge in [0.2, 0.25) is 6.79 Å². The number of esters is 1. The van der Waals surface area contributed by atoms with Gasteiger partial charge in [-0.05, 0) is 85.3 Å². The molecule has 0 unspecified atom stereocenters. The van der Waals surface area contributed by atoms with Gasteiger partial charge in [0.05, 0.1) is 23.4 Å². The number of hydrogen-bond acceptors (Lipinski definition) is 8. The fourth-order valence-electron chi connectivity index (χ4n) is 3.98. The first-order valence-electron chi connectivity index (χ1n) is 12.9. The number of hydrazone groups is 1. The van der Waals surface area contributed by atoms with Crippen LogP contribution in [0.5, 0.6) is 23.0 Å². The minimum absolute atomic E-state index is 0.106. The summed E-state index contributed by atoms with van der Waals surface area (Å²) < 4.78 is 21.7. The first kappa shape index (κ1) is 29.4. The van der Waals surface area contributed by atoms with Crippen molar-refractivity contribution in [1.82, 2.24) is 5.43 Å². The van der Waals surface area contributed by atoms with E-state index in [4.69, 9.17) is 42.1 Å². The van der Waals surface area contributed by atoms with Crippen LogP contribution in [-0.4, -0.2) is 37.4 Å². The Morgan fingerprint density at radius 3 is 2.51 bits per heavy atom.